The van der Waals surface area contributed by atoms with Crippen molar-refractivity contribution in [3.05, 3.63) is 12.3 Å². The number of anilines is 2. The topological polar surface area (TPSA) is 70.2 Å². The molecule has 6 heteroatoms. The first kappa shape index (κ1) is 13.6. The lowest BCUT2D eigenvalue weighted by Gasteiger charge is -2.32. The third kappa shape index (κ3) is 3.33. The lowest BCUT2D eigenvalue weighted by molar-refractivity contribution is -0.124. The van der Waals surface area contributed by atoms with Gasteiger partial charge in [0.05, 0.1) is 5.92 Å². The van der Waals surface area contributed by atoms with E-state index in [9.17, 15) is 4.79 Å². The van der Waals surface area contributed by atoms with E-state index in [2.05, 4.69) is 25.5 Å². The first-order chi connectivity index (χ1) is 9.24. The van der Waals surface area contributed by atoms with Crippen LogP contribution in [0.4, 0.5) is 11.8 Å². The Hall–Kier alpha value is -1.85. The zero-order valence-corrected chi connectivity index (χ0v) is 11.5. The third-order valence-electron chi connectivity index (χ3n) is 3.34. The molecule has 1 unspecified atom stereocenters. The van der Waals surface area contributed by atoms with Gasteiger partial charge in [0.2, 0.25) is 11.9 Å². The molecule has 1 aromatic rings. The van der Waals surface area contributed by atoms with E-state index in [-0.39, 0.29) is 11.8 Å². The number of amides is 1. The summed E-state index contributed by atoms with van der Waals surface area (Å²) in [6.45, 7) is 4.47. The minimum absolute atomic E-state index is 0.0521. The minimum Gasteiger partial charge on any atom is -0.359 e. The number of piperidine rings is 1. The SMILES string of the molecule is CCNc1nccc(N2CCCC(C(=O)NC)C2)n1. The predicted octanol–water partition coefficient (Wildman–Crippen LogP) is 0.871. The number of aromatic nitrogens is 2. The molecule has 0 spiro atoms. The van der Waals surface area contributed by atoms with Crippen LogP contribution in [0.3, 0.4) is 0 Å². The average Bonchev–Trinajstić information content (AvgIpc) is 2.47. The van der Waals surface area contributed by atoms with Gasteiger partial charge in [0, 0.05) is 32.9 Å². The highest BCUT2D eigenvalue weighted by molar-refractivity contribution is 5.79. The second-order valence-electron chi connectivity index (χ2n) is 4.67. The molecule has 1 aromatic heterocycles. The van der Waals surface area contributed by atoms with Gasteiger partial charge in [-0.05, 0) is 25.8 Å². The highest BCUT2D eigenvalue weighted by atomic mass is 16.1. The standard InChI is InChI=1S/C13H21N5O/c1-3-15-13-16-7-6-11(17-13)18-8-4-5-10(9-18)12(19)14-2/h6-7,10H,3-5,8-9H2,1-2H3,(H,14,19)(H,15,16,17). The van der Waals surface area contributed by atoms with Gasteiger partial charge in [-0.1, -0.05) is 0 Å². The minimum atomic E-state index is 0.0521. The summed E-state index contributed by atoms with van der Waals surface area (Å²) in [7, 11) is 1.69. The molecule has 6 nitrogen and oxygen atoms in total. The van der Waals surface area contributed by atoms with Gasteiger partial charge < -0.3 is 15.5 Å². The van der Waals surface area contributed by atoms with Crippen LogP contribution in [0.1, 0.15) is 19.8 Å². The lowest BCUT2D eigenvalue weighted by atomic mass is 9.97. The van der Waals surface area contributed by atoms with E-state index in [1.54, 1.807) is 13.2 Å². The Balaban J connectivity index is 2.08. The van der Waals surface area contributed by atoms with Crippen molar-refractivity contribution in [1.82, 2.24) is 15.3 Å². The van der Waals surface area contributed by atoms with Crippen LogP contribution >= 0.6 is 0 Å². The maximum Gasteiger partial charge on any atom is 0.224 e. The second-order valence-corrected chi connectivity index (χ2v) is 4.67. The summed E-state index contributed by atoms with van der Waals surface area (Å²) < 4.78 is 0. The van der Waals surface area contributed by atoms with Crippen LogP contribution in [0.5, 0.6) is 0 Å². The molecule has 19 heavy (non-hydrogen) atoms. The van der Waals surface area contributed by atoms with Crippen molar-refractivity contribution >= 4 is 17.7 Å². The summed E-state index contributed by atoms with van der Waals surface area (Å²) in [5, 5.41) is 5.83. The highest BCUT2D eigenvalue weighted by Crippen LogP contribution is 2.22. The first-order valence-corrected chi connectivity index (χ1v) is 6.78. The molecule has 2 N–H and O–H groups in total. The van der Waals surface area contributed by atoms with Crippen LogP contribution in [0.2, 0.25) is 0 Å². The summed E-state index contributed by atoms with van der Waals surface area (Å²) in [4.78, 5) is 22.5. The largest absolute Gasteiger partial charge is 0.359 e. The van der Waals surface area contributed by atoms with Crippen molar-refractivity contribution in [2.45, 2.75) is 19.8 Å². The van der Waals surface area contributed by atoms with E-state index < -0.39 is 0 Å². The maximum absolute atomic E-state index is 11.7. The summed E-state index contributed by atoms with van der Waals surface area (Å²) >= 11 is 0. The Morgan fingerprint density at radius 2 is 2.42 bits per heavy atom. The van der Waals surface area contributed by atoms with Gasteiger partial charge in [-0.15, -0.1) is 0 Å². The molecule has 1 atom stereocenters. The molecule has 0 aromatic carbocycles. The molecule has 2 heterocycles. The van der Waals surface area contributed by atoms with Crippen molar-refractivity contribution in [2.75, 3.05) is 36.9 Å². The molecule has 1 aliphatic rings. The van der Waals surface area contributed by atoms with E-state index in [4.69, 9.17) is 0 Å². The Bertz CT molecular complexity index is 437. The van der Waals surface area contributed by atoms with Gasteiger partial charge in [-0.25, -0.2) is 4.98 Å². The molecule has 1 fully saturated rings. The van der Waals surface area contributed by atoms with Crippen LogP contribution < -0.4 is 15.5 Å². The zero-order valence-electron chi connectivity index (χ0n) is 11.5. The van der Waals surface area contributed by atoms with Crippen molar-refractivity contribution < 1.29 is 4.79 Å². The molecular formula is C13H21N5O. The molecule has 0 radical (unpaired) electrons. The van der Waals surface area contributed by atoms with Crippen molar-refractivity contribution in [1.29, 1.82) is 0 Å². The molecule has 1 aliphatic heterocycles. The first-order valence-electron chi connectivity index (χ1n) is 6.78. The Labute approximate surface area is 113 Å². The second kappa shape index (κ2) is 6.36. The molecule has 1 saturated heterocycles. The number of hydrogen-bond donors (Lipinski definition) is 2. The van der Waals surface area contributed by atoms with E-state index in [0.29, 0.717) is 5.95 Å². The Kier molecular flexibility index (Phi) is 4.54. The molecule has 1 amide bonds. The smallest absolute Gasteiger partial charge is 0.224 e. The summed E-state index contributed by atoms with van der Waals surface area (Å²) in [6.07, 6.45) is 3.71. The average molecular weight is 263 g/mol. The van der Waals surface area contributed by atoms with Crippen molar-refractivity contribution in [3.63, 3.8) is 0 Å². The lowest BCUT2D eigenvalue weighted by Crippen LogP contribution is -2.42. The fourth-order valence-electron chi connectivity index (χ4n) is 2.37. The Morgan fingerprint density at radius 1 is 1.58 bits per heavy atom. The number of carbonyl (C=O) groups is 1. The van der Waals surface area contributed by atoms with Crippen LogP contribution in [0.25, 0.3) is 0 Å². The van der Waals surface area contributed by atoms with Gasteiger partial charge in [0.25, 0.3) is 0 Å². The number of carbonyl (C=O) groups excluding carboxylic acids is 1. The molecule has 0 saturated carbocycles. The van der Waals surface area contributed by atoms with E-state index >= 15 is 0 Å². The Morgan fingerprint density at radius 3 is 3.16 bits per heavy atom. The van der Waals surface area contributed by atoms with Gasteiger partial charge in [-0.3, -0.25) is 4.79 Å². The fourth-order valence-corrected chi connectivity index (χ4v) is 2.37. The van der Waals surface area contributed by atoms with E-state index in [1.807, 2.05) is 13.0 Å². The quantitative estimate of drug-likeness (QED) is 0.843. The normalized spacial score (nSPS) is 19.1. The number of rotatable bonds is 4. The van der Waals surface area contributed by atoms with Crippen LogP contribution in [-0.2, 0) is 4.79 Å². The van der Waals surface area contributed by atoms with Crippen LogP contribution in [0.15, 0.2) is 12.3 Å². The third-order valence-corrected chi connectivity index (χ3v) is 3.34. The molecule has 0 aliphatic carbocycles. The van der Waals surface area contributed by atoms with Gasteiger partial charge >= 0.3 is 0 Å². The van der Waals surface area contributed by atoms with Crippen molar-refractivity contribution in [2.24, 2.45) is 5.92 Å². The van der Waals surface area contributed by atoms with Crippen molar-refractivity contribution in [3.8, 4) is 0 Å². The number of hydrogen-bond acceptors (Lipinski definition) is 5. The summed E-state index contributed by atoms with van der Waals surface area (Å²) in [5.74, 6) is 1.70. The highest BCUT2D eigenvalue weighted by Gasteiger charge is 2.25. The van der Waals surface area contributed by atoms with E-state index in [0.717, 1.165) is 38.3 Å². The number of nitrogens with zero attached hydrogens (tertiary/aromatic N) is 3. The van der Waals surface area contributed by atoms with Gasteiger partial charge in [-0.2, -0.15) is 4.98 Å². The van der Waals surface area contributed by atoms with Gasteiger partial charge in [0.1, 0.15) is 5.82 Å². The molecular weight excluding hydrogens is 242 g/mol. The van der Waals surface area contributed by atoms with E-state index in [1.165, 1.54) is 0 Å². The fraction of sp³-hybridized carbons (Fsp3) is 0.615. The summed E-state index contributed by atoms with van der Waals surface area (Å²) in [6, 6.07) is 1.90. The van der Waals surface area contributed by atoms with Crippen LogP contribution in [0, 0.1) is 5.92 Å². The summed E-state index contributed by atoms with van der Waals surface area (Å²) in [5.41, 5.74) is 0. The number of nitrogens with one attached hydrogen (secondary N) is 2. The monoisotopic (exact) mass is 263 g/mol. The zero-order chi connectivity index (χ0) is 13.7. The molecule has 2 rings (SSSR count). The maximum atomic E-state index is 11.7. The predicted molar refractivity (Wildman–Crippen MR) is 75.2 cm³/mol. The molecule has 0 bridgehead atoms. The van der Waals surface area contributed by atoms with Gasteiger partial charge in [0.15, 0.2) is 0 Å². The molecule has 104 valence electrons. The van der Waals surface area contributed by atoms with Crippen LogP contribution in [-0.4, -0.2) is 42.6 Å².